The number of nitrogens with zero attached hydrogens (tertiary/aromatic N) is 3. The van der Waals surface area contributed by atoms with Gasteiger partial charge in [0.05, 0.1) is 11.5 Å². The normalized spacial score (nSPS) is 10.4. The van der Waals surface area contributed by atoms with Crippen LogP contribution in [-0.4, -0.2) is 25.8 Å². The van der Waals surface area contributed by atoms with Crippen molar-refractivity contribution in [3.8, 4) is 0 Å². The Morgan fingerprint density at radius 2 is 1.95 bits per heavy atom. The highest BCUT2D eigenvalue weighted by Gasteiger charge is 2.25. The first kappa shape index (κ1) is 13.7. The van der Waals surface area contributed by atoms with E-state index in [1.54, 1.807) is 0 Å². The lowest BCUT2D eigenvalue weighted by Gasteiger charge is -2.02. The van der Waals surface area contributed by atoms with Crippen molar-refractivity contribution in [2.75, 3.05) is 0 Å². The van der Waals surface area contributed by atoms with Crippen LogP contribution in [0.5, 0.6) is 0 Å². The van der Waals surface area contributed by atoms with Gasteiger partial charge in [0.15, 0.2) is 0 Å². The molecular weight excluding hydrogens is 262 g/mol. The number of nitro groups is 1. The Morgan fingerprint density at radius 1 is 1.35 bits per heavy atom. The molecule has 20 heavy (non-hydrogen) atoms. The van der Waals surface area contributed by atoms with Gasteiger partial charge in [-0.2, -0.15) is 5.10 Å². The van der Waals surface area contributed by atoms with E-state index < -0.39 is 22.3 Å². The van der Waals surface area contributed by atoms with Crippen LogP contribution in [0.1, 0.15) is 28.5 Å². The van der Waals surface area contributed by atoms with E-state index in [0.717, 1.165) is 18.2 Å². The number of benzene rings is 1. The molecule has 0 fully saturated rings. The molecule has 2 rings (SSSR count). The van der Waals surface area contributed by atoms with Crippen molar-refractivity contribution >= 4 is 11.7 Å². The fourth-order valence-electron chi connectivity index (χ4n) is 1.85. The van der Waals surface area contributed by atoms with Gasteiger partial charge in [0.2, 0.25) is 5.69 Å². The first-order valence-electron chi connectivity index (χ1n) is 6.04. The molecule has 0 amide bonds. The molecule has 7 nitrogen and oxygen atoms in total. The number of carboxylic acids is 1. The Kier molecular flexibility index (Phi) is 3.79. The average Bonchev–Trinajstić information content (AvgIpc) is 2.84. The standard InChI is InChI=1S/C13H13N3O4/c1-2-9-3-5-10(6-4-9)7-15-8-11(16(19)20)12(14-15)13(17)18/h3-6,8H,2,7H2,1H3,(H,17,18). The summed E-state index contributed by atoms with van der Waals surface area (Å²) in [6.07, 6.45) is 2.06. The van der Waals surface area contributed by atoms with Crippen LogP contribution in [0.15, 0.2) is 30.5 Å². The molecule has 0 bridgehead atoms. The molecular formula is C13H13N3O4. The molecule has 1 heterocycles. The lowest BCUT2D eigenvalue weighted by atomic mass is 10.1. The van der Waals surface area contributed by atoms with E-state index in [0.29, 0.717) is 0 Å². The van der Waals surface area contributed by atoms with E-state index in [4.69, 9.17) is 5.11 Å². The summed E-state index contributed by atoms with van der Waals surface area (Å²) in [6.45, 7) is 2.34. The van der Waals surface area contributed by atoms with Crippen LogP contribution in [0.3, 0.4) is 0 Å². The summed E-state index contributed by atoms with van der Waals surface area (Å²) in [4.78, 5) is 20.9. The molecule has 0 unspecified atom stereocenters. The number of carboxylic acid groups (broad SMARTS) is 1. The van der Waals surface area contributed by atoms with Crippen molar-refractivity contribution in [2.45, 2.75) is 19.9 Å². The average molecular weight is 275 g/mol. The van der Waals surface area contributed by atoms with Gasteiger partial charge in [-0.3, -0.25) is 14.8 Å². The Morgan fingerprint density at radius 3 is 2.40 bits per heavy atom. The van der Waals surface area contributed by atoms with Gasteiger partial charge in [0, 0.05) is 0 Å². The van der Waals surface area contributed by atoms with Gasteiger partial charge < -0.3 is 5.11 Å². The summed E-state index contributed by atoms with van der Waals surface area (Å²) < 4.78 is 1.27. The van der Waals surface area contributed by atoms with E-state index >= 15 is 0 Å². The Balaban J connectivity index is 2.26. The largest absolute Gasteiger partial charge is 0.476 e. The number of hydrogen-bond donors (Lipinski definition) is 1. The fourth-order valence-corrected chi connectivity index (χ4v) is 1.85. The number of aromatic nitrogens is 2. The zero-order valence-electron chi connectivity index (χ0n) is 10.8. The Labute approximate surface area is 114 Å². The van der Waals surface area contributed by atoms with Gasteiger partial charge in [-0.15, -0.1) is 0 Å². The molecule has 2 aromatic rings. The van der Waals surface area contributed by atoms with Crippen LogP contribution in [0.2, 0.25) is 0 Å². The molecule has 0 aliphatic heterocycles. The molecule has 104 valence electrons. The quantitative estimate of drug-likeness (QED) is 0.665. The van der Waals surface area contributed by atoms with Crippen molar-refractivity contribution < 1.29 is 14.8 Å². The Hall–Kier alpha value is -2.70. The summed E-state index contributed by atoms with van der Waals surface area (Å²) in [5.74, 6) is -1.41. The van der Waals surface area contributed by atoms with Gasteiger partial charge in [0.25, 0.3) is 0 Å². The topological polar surface area (TPSA) is 98.3 Å². The van der Waals surface area contributed by atoms with E-state index in [-0.39, 0.29) is 6.54 Å². The summed E-state index contributed by atoms with van der Waals surface area (Å²) in [5.41, 5.74) is 1.05. The van der Waals surface area contributed by atoms with Gasteiger partial charge >= 0.3 is 11.7 Å². The minimum atomic E-state index is -1.41. The molecule has 1 N–H and O–H groups in total. The van der Waals surface area contributed by atoms with E-state index in [1.807, 2.05) is 31.2 Å². The maximum atomic E-state index is 10.9. The minimum Gasteiger partial charge on any atom is -0.476 e. The van der Waals surface area contributed by atoms with Gasteiger partial charge in [0.1, 0.15) is 6.20 Å². The van der Waals surface area contributed by atoms with Crippen LogP contribution in [0.4, 0.5) is 5.69 Å². The SMILES string of the molecule is CCc1ccc(Cn2cc([N+](=O)[O-])c(C(=O)O)n2)cc1. The third-order valence-electron chi connectivity index (χ3n) is 2.92. The van der Waals surface area contributed by atoms with Crippen LogP contribution in [-0.2, 0) is 13.0 Å². The van der Waals surface area contributed by atoms with Crippen molar-refractivity contribution in [1.29, 1.82) is 0 Å². The van der Waals surface area contributed by atoms with Crippen molar-refractivity contribution in [2.24, 2.45) is 0 Å². The van der Waals surface area contributed by atoms with Crippen LogP contribution >= 0.6 is 0 Å². The van der Waals surface area contributed by atoms with Crippen LogP contribution in [0.25, 0.3) is 0 Å². The third-order valence-corrected chi connectivity index (χ3v) is 2.92. The van der Waals surface area contributed by atoms with Crippen molar-refractivity contribution in [1.82, 2.24) is 9.78 Å². The maximum absolute atomic E-state index is 10.9. The molecule has 0 saturated carbocycles. The minimum absolute atomic E-state index is 0.290. The zero-order valence-corrected chi connectivity index (χ0v) is 10.8. The monoisotopic (exact) mass is 275 g/mol. The second kappa shape index (κ2) is 5.52. The second-order valence-electron chi connectivity index (χ2n) is 4.29. The van der Waals surface area contributed by atoms with E-state index in [1.165, 1.54) is 10.2 Å². The number of aromatic carboxylic acids is 1. The van der Waals surface area contributed by atoms with Crippen LogP contribution in [0, 0.1) is 10.1 Å². The molecule has 0 atom stereocenters. The van der Waals surface area contributed by atoms with Crippen LogP contribution < -0.4 is 0 Å². The first-order valence-corrected chi connectivity index (χ1v) is 6.04. The number of carbonyl (C=O) groups is 1. The Bertz CT molecular complexity index is 615. The third kappa shape index (κ3) is 2.82. The fraction of sp³-hybridized carbons (Fsp3) is 0.231. The number of aryl methyl sites for hydroxylation is 1. The lowest BCUT2D eigenvalue weighted by molar-refractivity contribution is -0.385. The molecule has 0 saturated heterocycles. The predicted molar refractivity (Wildman–Crippen MR) is 70.8 cm³/mol. The molecule has 1 aromatic heterocycles. The predicted octanol–water partition coefficient (Wildman–Crippen LogP) is 2.10. The van der Waals surface area contributed by atoms with Gasteiger partial charge in [-0.25, -0.2) is 4.79 Å². The van der Waals surface area contributed by atoms with Gasteiger partial charge in [-0.1, -0.05) is 31.2 Å². The highest BCUT2D eigenvalue weighted by molar-refractivity contribution is 5.89. The zero-order chi connectivity index (χ0) is 14.7. The molecule has 0 radical (unpaired) electrons. The molecule has 1 aromatic carbocycles. The lowest BCUT2D eigenvalue weighted by Crippen LogP contribution is -2.04. The number of rotatable bonds is 5. The van der Waals surface area contributed by atoms with Crippen molar-refractivity contribution in [3.63, 3.8) is 0 Å². The summed E-state index contributed by atoms with van der Waals surface area (Å²) in [6, 6.07) is 7.72. The van der Waals surface area contributed by atoms with E-state index in [2.05, 4.69) is 5.10 Å². The molecule has 0 aliphatic carbocycles. The molecule has 0 aliphatic rings. The summed E-state index contributed by atoms with van der Waals surface area (Å²) in [5, 5.41) is 23.4. The van der Waals surface area contributed by atoms with Gasteiger partial charge in [-0.05, 0) is 17.5 Å². The summed E-state index contributed by atoms with van der Waals surface area (Å²) >= 11 is 0. The molecule has 0 spiro atoms. The highest BCUT2D eigenvalue weighted by atomic mass is 16.6. The van der Waals surface area contributed by atoms with Crippen molar-refractivity contribution in [3.05, 3.63) is 57.4 Å². The summed E-state index contributed by atoms with van der Waals surface area (Å²) in [7, 11) is 0. The highest BCUT2D eigenvalue weighted by Crippen LogP contribution is 2.17. The number of hydrogen-bond acceptors (Lipinski definition) is 4. The second-order valence-corrected chi connectivity index (χ2v) is 4.29. The van der Waals surface area contributed by atoms with E-state index in [9.17, 15) is 14.9 Å². The first-order chi connectivity index (χ1) is 9.51. The maximum Gasteiger partial charge on any atom is 0.363 e. The smallest absolute Gasteiger partial charge is 0.363 e. The molecule has 7 heteroatoms.